The van der Waals surface area contributed by atoms with E-state index in [1.165, 1.54) is 96.9 Å². The molecule has 2 saturated heterocycles. The first-order valence-electron chi connectivity index (χ1n) is 13.8. The van der Waals surface area contributed by atoms with Crippen LogP contribution < -0.4 is 10.6 Å². The standard InChI is InChI=1S/C28H42ClN5/c29-22-7-8-26-27(11-17-32-28(26)21-22)31-14-4-18-33-19-12-25(13-20-33)34(23-5-2-1-3-6-23)24-9-15-30-16-10-24/h7-8,11,17,21,23-25,30H,1-6,9-10,12-16,18-20H2,(H,31,32). The van der Waals surface area contributed by atoms with Gasteiger partial charge in [-0.15, -0.1) is 0 Å². The molecule has 3 aliphatic rings. The summed E-state index contributed by atoms with van der Waals surface area (Å²) in [6.07, 6.45) is 15.6. The first-order valence-corrected chi connectivity index (χ1v) is 14.1. The third-order valence-corrected chi connectivity index (χ3v) is 8.61. The lowest BCUT2D eigenvalue weighted by Gasteiger charge is -2.48. The summed E-state index contributed by atoms with van der Waals surface area (Å²) in [6.45, 7) is 7.11. The Morgan fingerprint density at radius 2 is 1.68 bits per heavy atom. The number of piperidine rings is 2. The van der Waals surface area contributed by atoms with Gasteiger partial charge in [-0.25, -0.2) is 0 Å². The number of hydrogen-bond acceptors (Lipinski definition) is 5. The van der Waals surface area contributed by atoms with Crippen molar-refractivity contribution >= 4 is 28.2 Å². The van der Waals surface area contributed by atoms with Crippen molar-refractivity contribution in [1.29, 1.82) is 0 Å². The molecule has 186 valence electrons. The molecule has 6 heteroatoms. The van der Waals surface area contributed by atoms with Crippen molar-refractivity contribution in [3.05, 3.63) is 35.5 Å². The Balaban J connectivity index is 1.09. The Bertz CT molecular complexity index is 883. The highest BCUT2D eigenvalue weighted by atomic mass is 35.5. The number of anilines is 1. The molecule has 2 N–H and O–H groups in total. The van der Waals surface area contributed by atoms with Gasteiger partial charge in [0.15, 0.2) is 0 Å². The Morgan fingerprint density at radius 1 is 0.941 bits per heavy atom. The second-order valence-corrected chi connectivity index (χ2v) is 11.0. The molecule has 0 amide bonds. The lowest BCUT2D eigenvalue weighted by molar-refractivity contribution is 0.0109. The molecule has 0 bridgehead atoms. The van der Waals surface area contributed by atoms with E-state index in [2.05, 4.69) is 37.6 Å². The third kappa shape index (κ3) is 6.04. The van der Waals surface area contributed by atoms with E-state index in [4.69, 9.17) is 11.6 Å². The van der Waals surface area contributed by atoms with Gasteiger partial charge in [0, 0.05) is 47.0 Å². The van der Waals surface area contributed by atoms with E-state index in [9.17, 15) is 0 Å². The van der Waals surface area contributed by atoms with Crippen molar-refractivity contribution in [3.63, 3.8) is 0 Å². The van der Waals surface area contributed by atoms with Crippen LogP contribution in [-0.2, 0) is 0 Å². The summed E-state index contributed by atoms with van der Waals surface area (Å²) in [7, 11) is 0. The van der Waals surface area contributed by atoms with Crippen molar-refractivity contribution in [3.8, 4) is 0 Å². The molecule has 1 aromatic carbocycles. The molecule has 0 atom stereocenters. The maximum Gasteiger partial charge on any atom is 0.0737 e. The molecule has 1 aromatic heterocycles. The topological polar surface area (TPSA) is 43.4 Å². The van der Waals surface area contributed by atoms with Gasteiger partial charge in [0.05, 0.1) is 5.52 Å². The third-order valence-electron chi connectivity index (χ3n) is 8.38. The minimum absolute atomic E-state index is 0.739. The van der Waals surface area contributed by atoms with E-state index in [1.807, 2.05) is 18.3 Å². The molecule has 0 radical (unpaired) electrons. The van der Waals surface area contributed by atoms with Crippen molar-refractivity contribution in [1.82, 2.24) is 20.1 Å². The molecule has 5 nitrogen and oxygen atoms in total. The highest BCUT2D eigenvalue weighted by Crippen LogP contribution is 2.32. The number of rotatable bonds is 8. The minimum Gasteiger partial charge on any atom is -0.384 e. The number of aromatic nitrogens is 1. The van der Waals surface area contributed by atoms with Crippen LogP contribution in [0.1, 0.15) is 64.2 Å². The Kier molecular flexibility index (Phi) is 8.60. The van der Waals surface area contributed by atoms with Gasteiger partial charge in [-0.05, 0) is 102 Å². The summed E-state index contributed by atoms with van der Waals surface area (Å²) in [5.74, 6) is 0. The van der Waals surface area contributed by atoms with E-state index in [0.717, 1.165) is 46.3 Å². The number of benzene rings is 1. The van der Waals surface area contributed by atoms with E-state index in [1.54, 1.807) is 0 Å². The summed E-state index contributed by atoms with van der Waals surface area (Å²) in [6, 6.07) is 10.5. The molecule has 2 aliphatic heterocycles. The minimum atomic E-state index is 0.739. The van der Waals surface area contributed by atoms with Gasteiger partial charge >= 0.3 is 0 Å². The van der Waals surface area contributed by atoms with Crippen LogP contribution in [0.25, 0.3) is 10.9 Å². The maximum absolute atomic E-state index is 6.13. The fraction of sp³-hybridized carbons (Fsp3) is 0.679. The zero-order chi connectivity index (χ0) is 23.2. The van der Waals surface area contributed by atoms with Gasteiger partial charge in [-0.2, -0.15) is 0 Å². The number of nitrogens with zero attached hydrogens (tertiary/aromatic N) is 3. The average Bonchev–Trinajstić information content (AvgIpc) is 2.89. The van der Waals surface area contributed by atoms with Crippen molar-refractivity contribution in [2.45, 2.75) is 82.3 Å². The van der Waals surface area contributed by atoms with Crippen molar-refractivity contribution in [2.24, 2.45) is 0 Å². The maximum atomic E-state index is 6.13. The Morgan fingerprint density at radius 3 is 2.47 bits per heavy atom. The van der Waals surface area contributed by atoms with Crippen LogP contribution >= 0.6 is 11.6 Å². The Hall–Kier alpha value is -1.40. The number of hydrogen-bond donors (Lipinski definition) is 2. The lowest BCUT2D eigenvalue weighted by atomic mass is 9.88. The van der Waals surface area contributed by atoms with Crippen molar-refractivity contribution < 1.29 is 0 Å². The molecular formula is C28H42ClN5. The summed E-state index contributed by atoms with van der Waals surface area (Å²) in [5, 5.41) is 9.11. The molecule has 3 fully saturated rings. The normalized spacial score (nSPS) is 21.9. The molecule has 1 saturated carbocycles. The first-order chi connectivity index (χ1) is 16.8. The van der Waals surface area contributed by atoms with Gasteiger partial charge in [-0.1, -0.05) is 30.9 Å². The molecule has 2 aromatic rings. The SMILES string of the molecule is Clc1ccc2c(NCCCN3CCC(N(C4CCCCC4)C4CCNCC4)CC3)ccnc2c1. The van der Waals surface area contributed by atoms with Crippen LogP contribution in [0, 0.1) is 0 Å². The largest absolute Gasteiger partial charge is 0.384 e. The van der Waals surface area contributed by atoms with Crippen LogP contribution in [0.4, 0.5) is 5.69 Å². The van der Waals surface area contributed by atoms with Crippen LogP contribution in [0.15, 0.2) is 30.5 Å². The second kappa shape index (κ2) is 12.0. The summed E-state index contributed by atoms with van der Waals surface area (Å²) < 4.78 is 0. The summed E-state index contributed by atoms with van der Waals surface area (Å²) in [5.41, 5.74) is 2.11. The molecule has 0 spiro atoms. The number of halogens is 1. The molecule has 34 heavy (non-hydrogen) atoms. The molecule has 5 rings (SSSR count). The number of fused-ring (bicyclic) bond motifs is 1. The smallest absolute Gasteiger partial charge is 0.0737 e. The fourth-order valence-corrected chi connectivity index (χ4v) is 6.79. The van der Waals surface area contributed by atoms with Gasteiger partial charge in [0.25, 0.3) is 0 Å². The van der Waals surface area contributed by atoms with Crippen LogP contribution in [-0.4, -0.2) is 72.2 Å². The zero-order valence-electron chi connectivity index (χ0n) is 20.7. The molecular weight excluding hydrogens is 442 g/mol. The molecule has 0 unspecified atom stereocenters. The zero-order valence-corrected chi connectivity index (χ0v) is 21.4. The number of nitrogens with one attached hydrogen (secondary N) is 2. The fourth-order valence-electron chi connectivity index (χ4n) is 6.62. The van der Waals surface area contributed by atoms with Gasteiger partial charge in [0.1, 0.15) is 0 Å². The van der Waals surface area contributed by atoms with E-state index >= 15 is 0 Å². The Labute approximate surface area is 210 Å². The van der Waals surface area contributed by atoms with Crippen LogP contribution in [0.3, 0.4) is 0 Å². The van der Waals surface area contributed by atoms with Gasteiger partial charge in [-0.3, -0.25) is 9.88 Å². The van der Waals surface area contributed by atoms with Gasteiger partial charge in [0.2, 0.25) is 0 Å². The summed E-state index contributed by atoms with van der Waals surface area (Å²) >= 11 is 6.13. The molecule has 3 heterocycles. The first kappa shape index (κ1) is 24.3. The number of pyridine rings is 1. The van der Waals surface area contributed by atoms with Crippen LogP contribution in [0.5, 0.6) is 0 Å². The average molecular weight is 484 g/mol. The highest BCUT2D eigenvalue weighted by molar-refractivity contribution is 6.31. The van der Waals surface area contributed by atoms with Crippen molar-refractivity contribution in [2.75, 3.05) is 44.6 Å². The van der Waals surface area contributed by atoms with E-state index < -0.39 is 0 Å². The highest BCUT2D eigenvalue weighted by Gasteiger charge is 2.35. The molecule has 1 aliphatic carbocycles. The summed E-state index contributed by atoms with van der Waals surface area (Å²) in [4.78, 5) is 10.2. The quantitative estimate of drug-likeness (QED) is 0.482. The number of likely N-dealkylation sites (tertiary alicyclic amines) is 1. The van der Waals surface area contributed by atoms with E-state index in [0.29, 0.717) is 0 Å². The monoisotopic (exact) mass is 483 g/mol. The van der Waals surface area contributed by atoms with Crippen LogP contribution in [0.2, 0.25) is 5.02 Å². The van der Waals surface area contributed by atoms with Gasteiger partial charge < -0.3 is 15.5 Å². The predicted molar refractivity (Wildman–Crippen MR) is 144 cm³/mol. The lowest BCUT2D eigenvalue weighted by Crippen LogP contribution is -2.56. The predicted octanol–water partition coefficient (Wildman–Crippen LogP) is 5.54. The van der Waals surface area contributed by atoms with E-state index in [-0.39, 0.29) is 0 Å². The second-order valence-electron chi connectivity index (χ2n) is 10.6.